The third kappa shape index (κ3) is 3.29. The van der Waals surface area contributed by atoms with E-state index in [4.69, 9.17) is 16.0 Å². The summed E-state index contributed by atoms with van der Waals surface area (Å²) < 4.78 is 33.3. The molecule has 1 saturated heterocycles. The number of carbonyl (C=O) groups excluding carboxylic acids is 1. The van der Waals surface area contributed by atoms with Gasteiger partial charge in [0.2, 0.25) is 5.91 Å². The molecule has 1 aliphatic heterocycles. The molecule has 10 heteroatoms. The Kier molecular flexibility index (Phi) is 4.59. The van der Waals surface area contributed by atoms with Crippen LogP contribution in [0.1, 0.15) is 18.2 Å². The van der Waals surface area contributed by atoms with E-state index in [1.807, 2.05) is 0 Å². The van der Waals surface area contributed by atoms with Crippen molar-refractivity contribution < 1.29 is 17.6 Å². The molecule has 3 heterocycles. The van der Waals surface area contributed by atoms with Crippen LogP contribution in [0, 0.1) is 0 Å². The Balaban J connectivity index is 1.84. The fraction of sp³-hybridized carbons (Fsp3) is 0.286. The number of hydrogen-bond donors (Lipinski definition) is 2. The molecule has 0 saturated carbocycles. The van der Waals surface area contributed by atoms with Crippen LogP contribution < -0.4 is 10.0 Å². The number of aromatic nitrogens is 1. The summed E-state index contributed by atoms with van der Waals surface area (Å²) in [5.41, 5.74) is 0.322. The van der Waals surface area contributed by atoms with Crippen LogP contribution in [0.4, 0.5) is 5.69 Å². The minimum atomic E-state index is -3.82. The van der Waals surface area contributed by atoms with Crippen molar-refractivity contribution in [3.8, 4) is 0 Å². The van der Waals surface area contributed by atoms with Gasteiger partial charge in [-0.2, -0.15) is 17.4 Å². The normalized spacial score (nSPS) is 23.8. The summed E-state index contributed by atoms with van der Waals surface area (Å²) >= 11 is 5.92. The number of carbonyl (C=O) groups is 1. The van der Waals surface area contributed by atoms with Crippen LogP contribution in [-0.4, -0.2) is 36.7 Å². The second-order valence-electron chi connectivity index (χ2n) is 5.29. The van der Waals surface area contributed by atoms with Gasteiger partial charge in [-0.1, -0.05) is 11.6 Å². The maximum atomic E-state index is 12.6. The van der Waals surface area contributed by atoms with Gasteiger partial charge in [-0.05, 0) is 30.7 Å². The second kappa shape index (κ2) is 6.52. The summed E-state index contributed by atoms with van der Waals surface area (Å²) in [7, 11) is -2.48. The lowest BCUT2D eigenvalue weighted by molar-refractivity contribution is -0.120. The number of nitrogens with one attached hydrogen (secondary N) is 2. The average molecular weight is 371 g/mol. The van der Waals surface area contributed by atoms with Gasteiger partial charge in [0.1, 0.15) is 11.8 Å². The molecule has 2 aromatic rings. The van der Waals surface area contributed by atoms with Gasteiger partial charge >= 0.3 is 0 Å². The number of amides is 1. The van der Waals surface area contributed by atoms with Gasteiger partial charge in [0.05, 0.1) is 18.0 Å². The topological polar surface area (TPSA) is 105 Å². The van der Waals surface area contributed by atoms with Crippen LogP contribution in [0.3, 0.4) is 0 Å². The minimum Gasteiger partial charge on any atom is -0.468 e. The van der Waals surface area contributed by atoms with Crippen LogP contribution in [0.2, 0.25) is 5.15 Å². The Morgan fingerprint density at radius 2 is 2.25 bits per heavy atom. The summed E-state index contributed by atoms with van der Waals surface area (Å²) in [6.07, 6.45) is 3.16. The first-order valence-corrected chi connectivity index (χ1v) is 8.90. The van der Waals surface area contributed by atoms with Gasteiger partial charge in [0.25, 0.3) is 10.2 Å². The molecule has 1 aliphatic rings. The molecule has 0 unspecified atom stereocenters. The Bertz CT molecular complexity index is 840. The quantitative estimate of drug-likeness (QED) is 0.797. The lowest BCUT2D eigenvalue weighted by Gasteiger charge is -2.35. The predicted molar refractivity (Wildman–Crippen MR) is 87.5 cm³/mol. The molecule has 1 fully saturated rings. The third-order valence-corrected chi connectivity index (χ3v) is 5.67. The number of halogens is 1. The van der Waals surface area contributed by atoms with Crippen LogP contribution in [0.5, 0.6) is 0 Å². The van der Waals surface area contributed by atoms with Crippen LogP contribution >= 0.6 is 11.6 Å². The molecule has 0 bridgehead atoms. The highest BCUT2D eigenvalue weighted by molar-refractivity contribution is 7.87. The fourth-order valence-corrected chi connectivity index (χ4v) is 3.90. The number of pyridine rings is 1. The summed E-state index contributed by atoms with van der Waals surface area (Å²) in [6, 6.07) is 4.99. The molecule has 0 aliphatic carbocycles. The standard InChI is InChI=1S/C14H15ClN4O4S/c1-19-11(14(20)17-9-4-2-6-16-13(9)15)8-10(18-24(19,21)22)12-5-3-7-23-12/h2-7,10-11,18H,8H2,1H3,(H,17,20)/t10-,11+/m0/s1. The molecule has 1 amide bonds. The zero-order chi connectivity index (χ0) is 17.3. The van der Waals surface area contributed by atoms with E-state index in [-0.39, 0.29) is 11.6 Å². The molecular weight excluding hydrogens is 356 g/mol. The van der Waals surface area contributed by atoms with E-state index in [9.17, 15) is 13.2 Å². The van der Waals surface area contributed by atoms with Gasteiger partial charge in [-0.3, -0.25) is 4.79 Å². The van der Waals surface area contributed by atoms with E-state index in [1.54, 1.807) is 24.3 Å². The molecule has 128 valence electrons. The Morgan fingerprint density at radius 3 is 2.92 bits per heavy atom. The molecule has 3 rings (SSSR count). The Hall–Kier alpha value is -1.94. The van der Waals surface area contributed by atoms with Crippen molar-refractivity contribution >= 4 is 33.4 Å². The Labute approximate surface area is 144 Å². The highest BCUT2D eigenvalue weighted by Gasteiger charge is 2.41. The number of rotatable bonds is 3. The predicted octanol–water partition coefficient (Wildman–Crippen LogP) is 1.55. The summed E-state index contributed by atoms with van der Waals surface area (Å²) in [5.74, 6) is -0.0436. The average Bonchev–Trinajstić information content (AvgIpc) is 3.06. The van der Waals surface area contributed by atoms with Crippen molar-refractivity contribution in [2.24, 2.45) is 0 Å². The molecule has 0 radical (unpaired) electrons. The SMILES string of the molecule is CN1[C@@H](C(=O)Nc2cccnc2Cl)C[C@@H](c2ccco2)NS1(=O)=O. The van der Waals surface area contributed by atoms with Gasteiger partial charge in [-0.15, -0.1) is 0 Å². The second-order valence-corrected chi connectivity index (χ2v) is 7.41. The molecule has 0 aromatic carbocycles. The van der Waals surface area contributed by atoms with Crippen molar-refractivity contribution in [3.63, 3.8) is 0 Å². The van der Waals surface area contributed by atoms with E-state index in [0.29, 0.717) is 11.4 Å². The number of hydrogen-bond acceptors (Lipinski definition) is 5. The highest BCUT2D eigenvalue weighted by Crippen LogP contribution is 2.29. The summed E-state index contributed by atoms with van der Waals surface area (Å²) in [6.45, 7) is 0. The molecule has 0 spiro atoms. The monoisotopic (exact) mass is 370 g/mol. The number of anilines is 1. The summed E-state index contributed by atoms with van der Waals surface area (Å²) in [4.78, 5) is 16.4. The Morgan fingerprint density at radius 1 is 1.46 bits per heavy atom. The van der Waals surface area contributed by atoms with Gasteiger partial charge in [0.15, 0.2) is 5.15 Å². The number of likely N-dealkylation sites (N-methyl/N-ethyl adjacent to an activating group) is 1. The third-order valence-electron chi connectivity index (χ3n) is 3.77. The molecule has 2 atom stereocenters. The van der Waals surface area contributed by atoms with Crippen molar-refractivity contribution in [3.05, 3.63) is 47.6 Å². The first-order chi connectivity index (χ1) is 11.4. The first kappa shape index (κ1) is 16.9. The van der Waals surface area contributed by atoms with Crippen molar-refractivity contribution in [1.82, 2.24) is 14.0 Å². The molecule has 24 heavy (non-hydrogen) atoms. The summed E-state index contributed by atoms with van der Waals surface area (Å²) in [5, 5.41) is 2.75. The number of furan rings is 1. The molecule has 2 aromatic heterocycles. The maximum Gasteiger partial charge on any atom is 0.280 e. The number of nitrogens with zero attached hydrogens (tertiary/aromatic N) is 2. The van der Waals surface area contributed by atoms with E-state index in [2.05, 4.69) is 15.0 Å². The van der Waals surface area contributed by atoms with Crippen LogP contribution in [0.15, 0.2) is 41.1 Å². The molecule has 2 N–H and O–H groups in total. The largest absolute Gasteiger partial charge is 0.468 e. The fourth-order valence-electron chi connectivity index (χ4n) is 2.48. The molecule has 8 nitrogen and oxygen atoms in total. The zero-order valence-electron chi connectivity index (χ0n) is 12.6. The van der Waals surface area contributed by atoms with Gasteiger partial charge in [-0.25, -0.2) is 4.98 Å². The highest BCUT2D eigenvalue weighted by atomic mass is 35.5. The molecular formula is C14H15ClN4O4S. The zero-order valence-corrected chi connectivity index (χ0v) is 14.2. The van der Waals surface area contributed by atoms with E-state index < -0.39 is 28.2 Å². The van der Waals surface area contributed by atoms with E-state index in [1.165, 1.54) is 19.5 Å². The van der Waals surface area contributed by atoms with E-state index in [0.717, 1.165) is 4.31 Å². The van der Waals surface area contributed by atoms with Crippen LogP contribution in [0.25, 0.3) is 0 Å². The van der Waals surface area contributed by atoms with Crippen molar-refractivity contribution in [2.45, 2.75) is 18.5 Å². The lowest BCUT2D eigenvalue weighted by atomic mass is 10.0. The van der Waals surface area contributed by atoms with Crippen LogP contribution in [-0.2, 0) is 15.0 Å². The minimum absolute atomic E-state index is 0.132. The smallest absolute Gasteiger partial charge is 0.280 e. The van der Waals surface area contributed by atoms with Crippen molar-refractivity contribution in [2.75, 3.05) is 12.4 Å². The van der Waals surface area contributed by atoms with Gasteiger partial charge in [0, 0.05) is 13.2 Å². The first-order valence-electron chi connectivity index (χ1n) is 7.08. The maximum absolute atomic E-state index is 12.6. The van der Waals surface area contributed by atoms with Gasteiger partial charge < -0.3 is 9.73 Å². The van der Waals surface area contributed by atoms with E-state index >= 15 is 0 Å². The van der Waals surface area contributed by atoms with Crippen molar-refractivity contribution in [1.29, 1.82) is 0 Å². The lowest BCUT2D eigenvalue weighted by Crippen LogP contribution is -2.55.